The molecule has 31 heavy (non-hydrogen) atoms. The van der Waals surface area contributed by atoms with Crippen LogP contribution < -0.4 is 15.1 Å². The molecule has 0 amide bonds. The van der Waals surface area contributed by atoms with Gasteiger partial charge < -0.3 is 38.3 Å². The highest BCUT2D eigenvalue weighted by atomic mass is 16.7. The van der Waals surface area contributed by atoms with Crippen molar-refractivity contribution in [3.63, 3.8) is 0 Å². The Morgan fingerprint density at radius 3 is 2.45 bits per heavy atom. The molecule has 2 aromatic rings. The van der Waals surface area contributed by atoms with Crippen LogP contribution in [0.3, 0.4) is 0 Å². The van der Waals surface area contributed by atoms with Gasteiger partial charge in [0.2, 0.25) is 6.29 Å². The molecule has 2 N–H and O–H groups in total. The molecule has 2 heterocycles. The number of aliphatic hydroxyl groups excluding tert-OH is 2. The minimum Gasteiger partial charge on any atom is -0.493 e. The van der Waals surface area contributed by atoms with Crippen LogP contribution in [0, 0.1) is 0 Å². The van der Waals surface area contributed by atoms with Gasteiger partial charge in [0.25, 0.3) is 0 Å². The van der Waals surface area contributed by atoms with E-state index in [9.17, 15) is 24.6 Å². The average molecular weight is 438 g/mol. The van der Waals surface area contributed by atoms with Gasteiger partial charge in [-0.1, -0.05) is 0 Å². The number of fused-ring (bicyclic) bond motifs is 1. The van der Waals surface area contributed by atoms with Crippen LogP contribution in [-0.4, -0.2) is 66.6 Å². The van der Waals surface area contributed by atoms with Crippen LogP contribution in [-0.2, 0) is 23.8 Å². The Bertz CT molecular complexity index is 1010. The second-order valence-electron chi connectivity index (χ2n) is 6.81. The van der Waals surface area contributed by atoms with E-state index in [0.29, 0.717) is 5.39 Å². The standard InChI is InChI=1S/C20H22O11/c1-9(21)27-8-15-17(24)18(25)19(28-10(2)22)20(31-15)30-14-7-12-11(6-13(14)26-3)4-5-16(23)29-12/h4-7,15,17-20,24-25H,8H2,1-3H3/t15-,17-,18+,19-,20-/m1/s1. The summed E-state index contributed by atoms with van der Waals surface area (Å²) in [5.74, 6) is -1.07. The Morgan fingerprint density at radius 1 is 1.06 bits per heavy atom. The minimum atomic E-state index is -1.60. The first-order valence-electron chi connectivity index (χ1n) is 9.30. The molecule has 1 aliphatic heterocycles. The first-order valence-corrected chi connectivity index (χ1v) is 9.30. The van der Waals surface area contributed by atoms with E-state index in [-0.39, 0.29) is 23.7 Å². The minimum absolute atomic E-state index is 0.0568. The summed E-state index contributed by atoms with van der Waals surface area (Å²) in [6, 6.07) is 5.73. The maximum Gasteiger partial charge on any atom is 0.336 e. The van der Waals surface area contributed by atoms with Crippen molar-refractivity contribution in [1.29, 1.82) is 0 Å². The molecule has 0 saturated carbocycles. The molecule has 0 unspecified atom stereocenters. The van der Waals surface area contributed by atoms with Gasteiger partial charge in [-0.15, -0.1) is 0 Å². The summed E-state index contributed by atoms with van der Waals surface area (Å²) in [5, 5.41) is 21.4. The van der Waals surface area contributed by atoms with Crippen LogP contribution >= 0.6 is 0 Å². The second kappa shape index (κ2) is 9.33. The van der Waals surface area contributed by atoms with Crippen molar-refractivity contribution in [2.45, 2.75) is 44.6 Å². The number of carbonyl (C=O) groups excluding carboxylic acids is 2. The van der Waals surface area contributed by atoms with Crippen molar-refractivity contribution in [3.8, 4) is 11.5 Å². The molecule has 0 aliphatic carbocycles. The molecule has 11 nitrogen and oxygen atoms in total. The lowest BCUT2D eigenvalue weighted by atomic mass is 9.99. The smallest absolute Gasteiger partial charge is 0.336 e. The zero-order valence-corrected chi connectivity index (χ0v) is 17.0. The Hall–Kier alpha value is -3.15. The lowest BCUT2D eigenvalue weighted by Crippen LogP contribution is -2.61. The van der Waals surface area contributed by atoms with Crippen LogP contribution in [0.5, 0.6) is 11.5 Å². The van der Waals surface area contributed by atoms with Crippen molar-refractivity contribution in [2.75, 3.05) is 13.7 Å². The number of hydrogen-bond donors (Lipinski definition) is 2. The molecule has 1 aromatic carbocycles. The Labute approximate surface area is 176 Å². The number of esters is 2. The number of aliphatic hydroxyl groups is 2. The van der Waals surface area contributed by atoms with E-state index in [1.165, 1.54) is 26.2 Å². The first kappa shape index (κ1) is 22.5. The third-order valence-electron chi connectivity index (χ3n) is 4.55. The Morgan fingerprint density at radius 2 is 1.81 bits per heavy atom. The maximum absolute atomic E-state index is 11.5. The molecule has 5 atom stereocenters. The molecule has 1 aliphatic rings. The molecule has 0 bridgehead atoms. The summed E-state index contributed by atoms with van der Waals surface area (Å²) in [6.07, 6.45) is -7.12. The fourth-order valence-corrected chi connectivity index (χ4v) is 3.11. The Kier molecular flexibility index (Phi) is 6.78. The highest BCUT2D eigenvalue weighted by Gasteiger charge is 2.48. The topological polar surface area (TPSA) is 151 Å². The summed E-state index contributed by atoms with van der Waals surface area (Å²) >= 11 is 0. The number of rotatable bonds is 6. The SMILES string of the molecule is COc1cc2ccc(=O)oc2cc1O[C@@H]1O[C@H](COC(C)=O)[C@@H](O)[C@H](O)[C@H]1OC(C)=O. The van der Waals surface area contributed by atoms with Crippen molar-refractivity contribution >= 4 is 22.9 Å². The van der Waals surface area contributed by atoms with Crippen LogP contribution in [0.25, 0.3) is 11.0 Å². The lowest BCUT2D eigenvalue weighted by Gasteiger charge is -2.41. The predicted molar refractivity (Wildman–Crippen MR) is 103 cm³/mol. The largest absolute Gasteiger partial charge is 0.493 e. The molecule has 1 saturated heterocycles. The van der Waals surface area contributed by atoms with Crippen molar-refractivity contribution in [2.24, 2.45) is 0 Å². The average Bonchev–Trinajstić information content (AvgIpc) is 2.71. The van der Waals surface area contributed by atoms with Gasteiger partial charge in [0.15, 0.2) is 17.6 Å². The van der Waals surface area contributed by atoms with E-state index in [0.717, 1.165) is 6.92 Å². The predicted octanol–water partition coefficient (Wildman–Crippen LogP) is 0.122. The number of benzene rings is 1. The first-order chi connectivity index (χ1) is 14.7. The van der Waals surface area contributed by atoms with Crippen molar-refractivity contribution < 1.29 is 47.9 Å². The molecule has 11 heteroatoms. The van der Waals surface area contributed by atoms with Crippen molar-refractivity contribution in [3.05, 3.63) is 34.7 Å². The quantitative estimate of drug-likeness (QED) is 0.467. The van der Waals surface area contributed by atoms with Crippen LogP contribution in [0.4, 0.5) is 0 Å². The summed E-state index contributed by atoms with van der Waals surface area (Å²) < 4.78 is 31.8. The van der Waals surface area contributed by atoms with E-state index in [2.05, 4.69) is 0 Å². The summed E-state index contributed by atoms with van der Waals surface area (Å²) in [7, 11) is 1.39. The molecule has 0 radical (unpaired) electrons. The summed E-state index contributed by atoms with van der Waals surface area (Å²) in [5.41, 5.74) is -0.379. The van der Waals surface area contributed by atoms with Gasteiger partial charge >= 0.3 is 17.6 Å². The molecular weight excluding hydrogens is 416 g/mol. The van der Waals surface area contributed by atoms with E-state index in [4.69, 9.17) is 28.1 Å². The van der Waals surface area contributed by atoms with Crippen LogP contribution in [0.15, 0.2) is 33.5 Å². The number of carbonyl (C=O) groups is 2. The normalized spacial score (nSPS) is 25.6. The van der Waals surface area contributed by atoms with Crippen LogP contribution in [0.1, 0.15) is 13.8 Å². The second-order valence-corrected chi connectivity index (χ2v) is 6.81. The highest BCUT2D eigenvalue weighted by Crippen LogP contribution is 2.35. The number of hydrogen-bond acceptors (Lipinski definition) is 11. The zero-order chi connectivity index (χ0) is 22.7. The van der Waals surface area contributed by atoms with E-state index >= 15 is 0 Å². The van der Waals surface area contributed by atoms with Gasteiger partial charge in [0, 0.05) is 31.4 Å². The molecule has 168 valence electrons. The number of methoxy groups -OCH3 is 1. The number of ether oxygens (including phenoxy) is 5. The van der Waals surface area contributed by atoms with Gasteiger partial charge in [-0.25, -0.2) is 4.79 Å². The fraction of sp³-hybridized carbons (Fsp3) is 0.450. The van der Waals surface area contributed by atoms with Gasteiger partial charge in [-0.2, -0.15) is 0 Å². The van der Waals surface area contributed by atoms with Crippen LogP contribution in [0.2, 0.25) is 0 Å². The summed E-state index contributed by atoms with van der Waals surface area (Å²) in [4.78, 5) is 34.2. The van der Waals surface area contributed by atoms with E-state index in [1.54, 1.807) is 12.1 Å². The van der Waals surface area contributed by atoms with Gasteiger partial charge in [0.1, 0.15) is 30.5 Å². The maximum atomic E-state index is 11.5. The fourth-order valence-electron chi connectivity index (χ4n) is 3.11. The summed E-state index contributed by atoms with van der Waals surface area (Å²) in [6.45, 7) is 1.92. The van der Waals surface area contributed by atoms with Gasteiger partial charge in [-0.05, 0) is 12.1 Å². The van der Waals surface area contributed by atoms with E-state index in [1.807, 2.05) is 0 Å². The zero-order valence-electron chi connectivity index (χ0n) is 17.0. The molecule has 1 fully saturated rings. The van der Waals surface area contributed by atoms with Crippen molar-refractivity contribution in [1.82, 2.24) is 0 Å². The molecule has 3 rings (SSSR count). The molecular formula is C20H22O11. The monoisotopic (exact) mass is 438 g/mol. The Balaban J connectivity index is 1.95. The third-order valence-corrected chi connectivity index (χ3v) is 4.55. The van der Waals surface area contributed by atoms with E-state index < -0.39 is 48.3 Å². The molecule has 1 aromatic heterocycles. The third kappa shape index (κ3) is 5.13. The van der Waals surface area contributed by atoms with Gasteiger partial charge in [-0.3, -0.25) is 9.59 Å². The lowest BCUT2D eigenvalue weighted by molar-refractivity contribution is -0.282. The van der Waals surface area contributed by atoms with Gasteiger partial charge in [0.05, 0.1) is 7.11 Å². The molecule has 0 spiro atoms. The highest BCUT2D eigenvalue weighted by molar-refractivity contribution is 5.80.